The van der Waals surface area contributed by atoms with E-state index in [4.69, 9.17) is 0 Å². The molecule has 9 aromatic carbocycles. The summed E-state index contributed by atoms with van der Waals surface area (Å²) >= 11 is 1.87. The molecule has 60 heavy (non-hydrogen) atoms. The monoisotopic (exact) mass is 784 g/mol. The lowest BCUT2D eigenvalue weighted by atomic mass is 9.82. The summed E-state index contributed by atoms with van der Waals surface area (Å²) in [5.41, 5.74) is 17.0. The zero-order valence-electron chi connectivity index (χ0n) is 33.4. The van der Waals surface area contributed by atoms with Gasteiger partial charge in [-0.3, -0.25) is 0 Å². The first-order valence-electron chi connectivity index (χ1n) is 20.8. The summed E-state index contributed by atoms with van der Waals surface area (Å²) in [5.74, 6) is 0. The van der Waals surface area contributed by atoms with E-state index in [1.165, 1.54) is 92.2 Å². The number of hydrogen-bond acceptors (Lipinski definition) is 2. The Morgan fingerprint density at radius 2 is 0.983 bits per heavy atom. The van der Waals surface area contributed by atoms with Crippen LogP contribution in [0.2, 0.25) is 0 Å². The minimum atomic E-state index is -0.128. The number of nitrogens with zero attached hydrogens (tertiary/aromatic N) is 2. The van der Waals surface area contributed by atoms with Crippen LogP contribution in [0.1, 0.15) is 25.0 Å². The highest BCUT2D eigenvalue weighted by Gasteiger charge is 2.36. The van der Waals surface area contributed by atoms with E-state index in [9.17, 15) is 0 Å². The van der Waals surface area contributed by atoms with E-state index in [1.807, 2.05) is 11.3 Å². The van der Waals surface area contributed by atoms with Crippen molar-refractivity contribution in [2.45, 2.75) is 19.3 Å². The normalized spacial score (nSPS) is 13.0. The van der Waals surface area contributed by atoms with Gasteiger partial charge in [-0.1, -0.05) is 166 Å². The summed E-state index contributed by atoms with van der Waals surface area (Å²) in [6.45, 7) is 4.73. The maximum atomic E-state index is 2.55. The third-order valence-electron chi connectivity index (χ3n) is 12.8. The highest BCUT2D eigenvalue weighted by atomic mass is 32.1. The molecule has 284 valence electrons. The van der Waals surface area contributed by atoms with Gasteiger partial charge in [-0.15, -0.1) is 11.3 Å². The third kappa shape index (κ3) is 5.26. The van der Waals surface area contributed by atoms with E-state index in [0.717, 1.165) is 17.1 Å². The standard InChI is InChI=1S/C57H40N2S/c1-57(2)49-22-12-9-19-44(49)45-31-29-41(35-50(45)57)58(40-27-25-38(26-28-40)37-15-5-3-6-16-37)42-30-32-47-46-20-10-13-23-51(46)59(52(47)36-42)56-43(39-17-7-4-8-18-39)33-34-54-55(56)48-21-11-14-24-53(48)60-54/h3-36H,1-2H3. The molecule has 0 spiro atoms. The van der Waals surface area contributed by atoms with Crippen molar-refractivity contribution in [1.82, 2.24) is 4.57 Å². The van der Waals surface area contributed by atoms with E-state index in [-0.39, 0.29) is 5.41 Å². The average molecular weight is 785 g/mol. The molecule has 0 N–H and O–H groups in total. The predicted octanol–water partition coefficient (Wildman–Crippen LogP) is 16.3. The molecule has 0 aliphatic heterocycles. The van der Waals surface area contributed by atoms with Crippen LogP contribution in [-0.2, 0) is 5.41 Å². The number of aromatic nitrogens is 1. The molecule has 1 aliphatic carbocycles. The number of anilines is 3. The van der Waals surface area contributed by atoms with Crippen molar-refractivity contribution < 1.29 is 0 Å². The number of fused-ring (bicyclic) bond motifs is 9. The molecule has 2 aromatic heterocycles. The first kappa shape index (κ1) is 34.8. The Kier molecular flexibility index (Phi) is 7.79. The molecular formula is C57H40N2S. The Bertz CT molecular complexity index is 3450. The molecule has 2 nitrogen and oxygen atoms in total. The third-order valence-corrected chi connectivity index (χ3v) is 13.9. The van der Waals surface area contributed by atoms with Crippen molar-refractivity contribution in [3.05, 3.63) is 217 Å². The molecule has 0 saturated carbocycles. The quantitative estimate of drug-likeness (QED) is 0.163. The highest BCUT2D eigenvalue weighted by molar-refractivity contribution is 7.25. The van der Waals surface area contributed by atoms with Crippen LogP contribution < -0.4 is 4.90 Å². The predicted molar refractivity (Wildman–Crippen MR) is 257 cm³/mol. The van der Waals surface area contributed by atoms with Crippen molar-refractivity contribution >= 4 is 70.4 Å². The molecule has 0 fully saturated rings. The van der Waals surface area contributed by atoms with Gasteiger partial charge < -0.3 is 9.47 Å². The van der Waals surface area contributed by atoms with Crippen LogP contribution in [0, 0.1) is 0 Å². The van der Waals surface area contributed by atoms with Gasteiger partial charge in [-0.2, -0.15) is 0 Å². The summed E-state index contributed by atoms with van der Waals surface area (Å²) < 4.78 is 5.14. The van der Waals surface area contributed by atoms with Crippen molar-refractivity contribution in [3.63, 3.8) is 0 Å². The summed E-state index contributed by atoms with van der Waals surface area (Å²) in [5, 5.41) is 5.05. The van der Waals surface area contributed by atoms with Gasteiger partial charge in [0.1, 0.15) is 0 Å². The van der Waals surface area contributed by atoms with E-state index >= 15 is 0 Å². The molecule has 0 bridgehead atoms. The second-order valence-corrected chi connectivity index (χ2v) is 17.6. The largest absolute Gasteiger partial charge is 0.310 e. The maximum Gasteiger partial charge on any atom is 0.0633 e. The van der Waals surface area contributed by atoms with E-state index in [2.05, 4.69) is 230 Å². The molecule has 0 saturated heterocycles. The van der Waals surface area contributed by atoms with Crippen LogP contribution in [0.3, 0.4) is 0 Å². The van der Waals surface area contributed by atoms with Gasteiger partial charge in [0.25, 0.3) is 0 Å². The number of thiophene rings is 1. The van der Waals surface area contributed by atoms with Crippen LogP contribution in [0.25, 0.3) is 81.0 Å². The molecule has 3 heteroatoms. The lowest BCUT2D eigenvalue weighted by molar-refractivity contribution is 0.660. The van der Waals surface area contributed by atoms with Crippen molar-refractivity contribution in [2.24, 2.45) is 0 Å². The van der Waals surface area contributed by atoms with Gasteiger partial charge in [0.05, 0.1) is 16.7 Å². The summed E-state index contributed by atoms with van der Waals surface area (Å²) in [6, 6.07) is 76.1. The molecule has 12 rings (SSSR count). The Morgan fingerprint density at radius 1 is 0.400 bits per heavy atom. The minimum absolute atomic E-state index is 0.128. The number of para-hydroxylation sites is 1. The molecule has 11 aromatic rings. The zero-order chi connectivity index (χ0) is 40.0. The van der Waals surface area contributed by atoms with Gasteiger partial charge in [0.15, 0.2) is 0 Å². The first-order valence-corrected chi connectivity index (χ1v) is 21.6. The average Bonchev–Trinajstić information content (AvgIpc) is 3.92. The Labute approximate surface area is 353 Å². The fourth-order valence-corrected chi connectivity index (χ4v) is 11.0. The number of rotatable bonds is 6. The zero-order valence-corrected chi connectivity index (χ0v) is 34.2. The molecule has 2 heterocycles. The molecular weight excluding hydrogens is 745 g/mol. The van der Waals surface area contributed by atoms with Gasteiger partial charge in [-0.05, 0) is 93.5 Å². The van der Waals surface area contributed by atoms with Gasteiger partial charge in [0, 0.05) is 59.0 Å². The summed E-state index contributed by atoms with van der Waals surface area (Å²) in [7, 11) is 0. The van der Waals surface area contributed by atoms with Crippen LogP contribution in [0.5, 0.6) is 0 Å². The molecule has 0 amide bonds. The second-order valence-electron chi connectivity index (χ2n) is 16.5. The molecule has 0 atom stereocenters. The first-order chi connectivity index (χ1) is 29.5. The highest BCUT2D eigenvalue weighted by Crippen LogP contribution is 2.51. The Hall–Kier alpha value is -7.20. The number of hydrogen-bond donors (Lipinski definition) is 0. The Morgan fingerprint density at radius 3 is 1.80 bits per heavy atom. The maximum absolute atomic E-state index is 2.55. The fraction of sp³-hybridized carbons (Fsp3) is 0.0526. The van der Waals surface area contributed by atoms with E-state index < -0.39 is 0 Å². The van der Waals surface area contributed by atoms with Gasteiger partial charge in [-0.25, -0.2) is 0 Å². The Balaban J connectivity index is 1.14. The van der Waals surface area contributed by atoms with Crippen molar-refractivity contribution in [2.75, 3.05) is 4.90 Å². The number of benzene rings is 9. The summed E-state index contributed by atoms with van der Waals surface area (Å²) in [6.07, 6.45) is 0. The topological polar surface area (TPSA) is 8.17 Å². The van der Waals surface area contributed by atoms with Crippen molar-refractivity contribution in [3.8, 4) is 39.1 Å². The van der Waals surface area contributed by atoms with E-state index in [0.29, 0.717) is 0 Å². The molecule has 0 unspecified atom stereocenters. The van der Waals surface area contributed by atoms with E-state index in [1.54, 1.807) is 0 Å². The lowest BCUT2D eigenvalue weighted by Gasteiger charge is -2.28. The van der Waals surface area contributed by atoms with Gasteiger partial charge in [0.2, 0.25) is 0 Å². The lowest BCUT2D eigenvalue weighted by Crippen LogP contribution is -2.16. The van der Waals surface area contributed by atoms with Crippen LogP contribution >= 0.6 is 11.3 Å². The second kappa shape index (κ2) is 13.4. The van der Waals surface area contributed by atoms with Crippen LogP contribution in [0.15, 0.2) is 206 Å². The fourth-order valence-electron chi connectivity index (χ4n) is 9.93. The van der Waals surface area contributed by atoms with Crippen molar-refractivity contribution in [1.29, 1.82) is 0 Å². The molecule has 1 aliphatic rings. The minimum Gasteiger partial charge on any atom is -0.310 e. The van der Waals surface area contributed by atoms with Gasteiger partial charge >= 0.3 is 0 Å². The SMILES string of the molecule is CC1(C)c2ccccc2-c2ccc(N(c3ccc(-c4ccccc4)cc3)c3ccc4c5ccccc5n(-c5c(-c6ccccc6)ccc6sc7ccccc7c56)c4c3)cc21. The molecule has 0 radical (unpaired) electrons. The summed E-state index contributed by atoms with van der Waals surface area (Å²) in [4.78, 5) is 2.45. The van der Waals surface area contributed by atoms with Crippen LogP contribution in [-0.4, -0.2) is 4.57 Å². The smallest absolute Gasteiger partial charge is 0.0633 e. The van der Waals surface area contributed by atoms with Crippen LogP contribution in [0.4, 0.5) is 17.1 Å².